The van der Waals surface area contributed by atoms with Crippen LogP contribution < -0.4 is 10.1 Å². The molecule has 2 aliphatic rings. The van der Waals surface area contributed by atoms with E-state index in [0.29, 0.717) is 22.9 Å². The number of hydrogen-bond donors (Lipinski definition) is 1. The highest BCUT2D eigenvalue weighted by atomic mass is 19.2. The second kappa shape index (κ2) is 9.04. The van der Waals surface area contributed by atoms with Gasteiger partial charge < -0.3 is 15.0 Å². The molecule has 4 rings (SSSR count). The third kappa shape index (κ3) is 4.40. The quantitative estimate of drug-likeness (QED) is 0.744. The van der Waals surface area contributed by atoms with Gasteiger partial charge in [-0.1, -0.05) is 12.8 Å². The summed E-state index contributed by atoms with van der Waals surface area (Å²) in [5.41, 5.74) is 0.853. The summed E-state index contributed by atoms with van der Waals surface area (Å²) in [6, 6.07) is 8.09. The van der Waals surface area contributed by atoms with E-state index in [9.17, 15) is 18.4 Å². The minimum Gasteiger partial charge on any atom is -0.496 e. The lowest BCUT2D eigenvalue weighted by Crippen LogP contribution is -2.49. The molecule has 1 aliphatic carbocycles. The number of methoxy groups -OCH3 is 1. The van der Waals surface area contributed by atoms with Crippen LogP contribution in [0.5, 0.6) is 5.75 Å². The van der Waals surface area contributed by atoms with Gasteiger partial charge in [-0.25, -0.2) is 8.78 Å². The van der Waals surface area contributed by atoms with Crippen LogP contribution in [0, 0.1) is 17.6 Å². The summed E-state index contributed by atoms with van der Waals surface area (Å²) < 4.78 is 32.0. The highest BCUT2D eigenvalue weighted by Crippen LogP contribution is 2.37. The largest absolute Gasteiger partial charge is 0.496 e. The van der Waals surface area contributed by atoms with Crippen molar-refractivity contribution >= 4 is 17.5 Å². The fourth-order valence-corrected chi connectivity index (χ4v) is 4.82. The number of carbonyl (C=O) groups is 2. The molecule has 1 N–H and O–H groups in total. The Kier molecular flexibility index (Phi) is 6.20. The molecule has 164 valence electrons. The molecule has 2 amide bonds. The smallest absolute Gasteiger partial charge is 0.257 e. The molecule has 2 atom stereocenters. The van der Waals surface area contributed by atoms with E-state index < -0.39 is 17.5 Å². The van der Waals surface area contributed by atoms with Crippen LogP contribution in [-0.4, -0.2) is 36.4 Å². The van der Waals surface area contributed by atoms with Gasteiger partial charge in [-0.05, 0) is 61.9 Å². The number of rotatable bonds is 4. The second-order valence-corrected chi connectivity index (χ2v) is 8.25. The predicted molar refractivity (Wildman–Crippen MR) is 113 cm³/mol. The maximum absolute atomic E-state index is 13.4. The topological polar surface area (TPSA) is 58.6 Å². The standard InChI is InChI=1S/C24H26F2N2O3/c1-31-22-14-17(27-23(29)16-8-11-19(25)20(26)13-16)9-10-18(22)24(30)28-12-4-6-15-5-2-3-7-21(15)28/h8-11,13-15,21H,2-7,12H2,1H3,(H,27,29). The molecule has 2 fully saturated rings. The van der Waals surface area contributed by atoms with Crippen LogP contribution in [0.15, 0.2) is 36.4 Å². The Morgan fingerprint density at radius 1 is 1.00 bits per heavy atom. The maximum Gasteiger partial charge on any atom is 0.257 e. The summed E-state index contributed by atoms with van der Waals surface area (Å²) in [5, 5.41) is 2.64. The summed E-state index contributed by atoms with van der Waals surface area (Å²) in [6.07, 6.45) is 6.80. The molecule has 1 saturated carbocycles. The Bertz CT molecular complexity index is 993. The van der Waals surface area contributed by atoms with E-state index in [1.54, 1.807) is 18.2 Å². The molecule has 31 heavy (non-hydrogen) atoms. The minimum atomic E-state index is -1.09. The van der Waals surface area contributed by atoms with Crippen LogP contribution >= 0.6 is 0 Å². The van der Waals surface area contributed by atoms with E-state index in [1.165, 1.54) is 32.4 Å². The summed E-state index contributed by atoms with van der Waals surface area (Å²) in [5.74, 6) is -1.79. The molecule has 2 aromatic carbocycles. The van der Waals surface area contributed by atoms with Crippen molar-refractivity contribution < 1.29 is 23.1 Å². The molecular weight excluding hydrogens is 402 g/mol. The monoisotopic (exact) mass is 428 g/mol. The molecule has 1 aliphatic heterocycles. The summed E-state index contributed by atoms with van der Waals surface area (Å²) in [7, 11) is 1.48. The fraction of sp³-hybridized carbons (Fsp3) is 0.417. The number of fused-ring (bicyclic) bond motifs is 1. The highest BCUT2D eigenvalue weighted by Gasteiger charge is 2.36. The molecule has 0 radical (unpaired) electrons. The molecule has 5 nitrogen and oxygen atoms in total. The Balaban J connectivity index is 1.53. The first-order valence-electron chi connectivity index (χ1n) is 10.7. The van der Waals surface area contributed by atoms with Crippen LogP contribution in [0.25, 0.3) is 0 Å². The van der Waals surface area contributed by atoms with Crippen molar-refractivity contribution in [1.82, 2.24) is 4.90 Å². The average Bonchev–Trinajstić information content (AvgIpc) is 2.79. The van der Waals surface area contributed by atoms with Crippen LogP contribution in [0.4, 0.5) is 14.5 Å². The zero-order valence-electron chi connectivity index (χ0n) is 17.5. The lowest BCUT2D eigenvalue weighted by atomic mass is 9.78. The van der Waals surface area contributed by atoms with E-state index in [-0.39, 0.29) is 17.5 Å². The van der Waals surface area contributed by atoms with Crippen LogP contribution in [-0.2, 0) is 0 Å². The van der Waals surface area contributed by atoms with E-state index in [4.69, 9.17) is 4.74 Å². The predicted octanol–water partition coefficient (Wildman–Crippen LogP) is 5.02. The van der Waals surface area contributed by atoms with E-state index in [1.807, 2.05) is 4.90 Å². The first kappa shape index (κ1) is 21.3. The Morgan fingerprint density at radius 2 is 1.77 bits per heavy atom. The second-order valence-electron chi connectivity index (χ2n) is 8.25. The molecule has 2 aromatic rings. The summed E-state index contributed by atoms with van der Waals surface area (Å²) >= 11 is 0. The van der Waals surface area contributed by atoms with Crippen LogP contribution in [0.3, 0.4) is 0 Å². The molecule has 0 aromatic heterocycles. The fourth-order valence-electron chi connectivity index (χ4n) is 4.82. The number of ether oxygens (including phenoxy) is 1. The van der Waals surface area contributed by atoms with Gasteiger partial charge >= 0.3 is 0 Å². The Hall–Kier alpha value is -2.96. The van der Waals surface area contributed by atoms with Gasteiger partial charge in [0, 0.05) is 29.9 Å². The first-order chi connectivity index (χ1) is 15.0. The van der Waals surface area contributed by atoms with Gasteiger partial charge in [0.1, 0.15) is 5.75 Å². The number of carbonyl (C=O) groups excluding carboxylic acids is 2. The number of amides is 2. The van der Waals surface area contributed by atoms with E-state index in [0.717, 1.165) is 37.9 Å². The Morgan fingerprint density at radius 3 is 2.55 bits per heavy atom. The average molecular weight is 428 g/mol. The van der Waals surface area contributed by atoms with Crippen molar-refractivity contribution in [2.75, 3.05) is 19.0 Å². The molecule has 7 heteroatoms. The maximum atomic E-state index is 13.4. The third-order valence-corrected chi connectivity index (χ3v) is 6.38. The highest BCUT2D eigenvalue weighted by molar-refractivity contribution is 6.05. The Labute approximate surface area is 180 Å². The van der Waals surface area contributed by atoms with Gasteiger partial charge in [0.25, 0.3) is 11.8 Å². The number of piperidine rings is 1. The van der Waals surface area contributed by atoms with E-state index in [2.05, 4.69) is 5.32 Å². The molecule has 0 bridgehead atoms. The van der Waals surface area contributed by atoms with Crippen molar-refractivity contribution in [2.45, 2.75) is 44.6 Å². The van der Waals surface area contributed by atoms with Crippen molar-refractivity contribution in [3.63, 3.8) is 0 Å². The molecular formula is C24H26F2N2O3. The number of benzene rings is 2. The molecule has 2 unspecified atom stereocenters. The van der Waals surface area contributed by atoms with Crippen LogP contribution in [0.2, 0.25) is 0 Å². The van der Waals surface area contributed by atoms with Gasteiger partial charge in [-0.2, -0.15) is 0 Å². The number of anilines is 1. The summed E-state index contributed by atoms with van der Waals surface area (Å²) in [4.78, 5) is 27.7. The number of hydrogen-bond acceptors (Lipinski definition) is 3. The number of nitrogens with one attached hydrogen (secondary N) is 1. The zero-order valence-corrected chi connectivity index (χ0v) is 17.5. The number of halogens is 2. The minimum absolute atomic E-state index is 0.00493. The SMILES string of the molecule is COc1cc(NC(=O)c2ccc(F)c(F)c2)ccc1C(=O)N1CCCC2CCCCC21. The van der Waals surface area contributed by atoms with Gasteiger partial charge in [-0.15, -0.1) is 0 Å². The molecule has 1 heterocycles. The van der Waals surface area contributed by atoms with Crippen LogP contribution in [0.1, 0.15) is 59.2 Å². The lowest BCUT2D eigenvalue weighted by molar-refractivity contribution is 0.0388. The van der Waals surface area contributed by atoms with Gasteiger partial charge in [-0.3, -0.25) is 9.59 Å². The van der Waals surface area contributed by atoms with Crippen molar-refractivity contribution in [2.24, 2.45) is 5.92 Å². The normalized spacial score (nSPS) is 20.7. The van der Waals surface area contributed by atoms with E-state index >= 15 is 0 Å². The zero-order chi connectivity index (χ0) is 22.0. The number of likely N-dealkylation sites (tertiary alicyclic amines) is 1. The summed E-state index contributed by atoms with van der Waals surface area (Å²) in [6.45, 7) is 0.748. The first-order valence-corrected chi connectivity index (χ1v) is 10.7. The number of nitrogens with zero attached hydrogens (tertiary/aromatic N) is 1. The van der Waals surface area contributed by atoms with Crippen molar-refractivity contribution in [3.05, 3.63) is 59.2 Å². The molecule has 0 spiro atoms. The lowest BCUT2D eigenvalue weighted by Gasteiger charge is -2.44. The van der Waals surface area contributed by atoms with Crippen molar-refractivity contribution in [3.8, 4) is 5.75 Å². The third-order valence-electron chi connectivity index (χ3n) is 6.38. The van der Waals surface area contributed by atoms with Gasteiger partial charge in [0.2, 0.25) is 0 Å². The van der Waals surface area contributed by atoms with Gasteiger partial charge in [0.05, 0.1) is 12.7 Å². The van der Waals surface area contributed by atoms with Gasteiger partial charge in [0.15, 0.2) is 11.6 Å². The van der Waals surface area contributed by atoms with Crippen molar-refractivity contribution in [1.29, 1.82) is 0 Å². The molecule has 1 saturated heterocycles.